The molecule has 2 aromatic rings. The van der Waals surface area contributed by atoms with Crippen molar-refractivity contribution in [2.45, 2.75) is 39.8 Å². The summed E-state index contributed by atoms with van der Waals surface area (Å²) in [6.07, 6.45) is 5.47. The maximum atomic E-state index is 9.54. The number of nitrogens with one attached hydrogen (secondary N) is 1. The molecular weight excluding hydrogens is 260 g/mol. The number of aromatic hydroxyl groups is 1. The minimum Gasteiger partial charge on any atom is -0.508 e. The van der Waals surface area contributed by atoms with E-state index < -0.39 is 0 Å². The van der Waals surface area contributed by atoms with Crippen LogP contribution in [0.1, 0.15) is 44.4 Å². The van der Waals surface area contributed by atoms with Gasteiger partial charge in [-0.3, -0.25) is 0 Å². The van der Waals surface area contributed by atoms with Gasteiger partial charge in [-0.2, -0.15) is 0 Å². The van der Waals surface area contributed by atoms with Crippen LogP contribution in [0.2, 0.25) is 0 Å². The standard InChI is InChI=1S/C18H26N2O/c1-4-9-19-18(14(2)3)16-8-10-20(13-16)12-15-6-5-7-17(21)11-15/h5-8,10-11,13-14,18-19,21H,4,9,12H2,1-3H3. The van der Waals surface area contributed by atoms with Crippen LogP contribution >= 0.6 is 0 Å². The molecule has 0 aliphatic heterocycles. The number of hydrogen-bond donors (Lipinski definition) is 2. The summed E-state index contributed by atoms with van der Waals surface area (Å²) in [5.41, 5.74) is 2.44. The third kappa shape index (κ3) is 4.36. The quantitative estimate of drug-likeness (QED) is 0.809. The first-order chi connectivity index (χ1) is 10.1. The summed E-state index contributed by atoms with van der Waals surface area (Å²) in [6.45, 7) is 8.52. The molecule has 0 bridgehead atoms. The monoisotopic (exact) mass is 286 g/mol. The highest BCUT2D eigenvalue weighted by Gasteiger charge is 2.15. The van der Waals surface area contributed by atoms with E-state index in [9.17, 15) is 5.11 Å². The van der Waals surface area contributed by atoms with Crippen LogP contribution in [0, 0.1) is 5.92 Å². The van der Waals surface area contributed by atoms with E-state index in [-0.39, 0.29) is 0 Å². The van der Waals surface area contributed by atoms with Crippen LogP contribution in [0.25, 0.3) is 0 Å². The highest BCUT2D eigenvalue weighted by molar-refractivity contribution is 5.28. The lowest BCUT2D eigenvalue weighted by atomic mass is 9.98. The lowest BCUT2D eigenvalue weighted by molar-refractivity contribution is 0.412. The molecule has 0 fully saturated rings. The van der Waals surface area contributed by atoms with Crippen molar-refractivity contribution in [2.75, 3.05) is 6.54 Å². The molecule has 1 aromatic heterocycles. The van der Waals surface area contributed by atoms with Gasteiger partial charge in [0.05, 0.1) is 0 Å². The molecule has 1 heterocycles. The minimum absolute atomic E-state index is 0.324. The van der Waals surface area contributed by atoms with Gasteiger partial charge in [0.2, 0.25) is 0 Å². The van der Waals surface area contributed by atoms with Crippen molar-refractivity contribution < 1.29 is 5.11 Å². The van der Waals surface area contributed by atoms with Crippen molar-refractivity contribution >= 4 is 0 Å². The maximum Gasteiger partial charge on any atom is 0.115 e. The largest absolute Gasteiger partial charge is 0.508 e. The van der Waals surface area contributed by atoms with Crippen LogP contribution in [0.5, 0.6) is 5.75 Å². The Kier molecular flexibility index (Phi) is 5.45. The minimum atomic E-state index is 0.324. The lowest BCUT2D eigenvalue weighted by Gasteiger charge is -2.21. The zero-order valence-electron chi connectivity index (χ0n) is 13.2. The number of nitrogens with zero attached hydrogens (tertiary/aromatic N) is 1. The summed E-state index contributed by atoms with van der Waals surface area (Å²) in [5.74, 6) is 0.887. The SMILES string of the molecule is CCCNC(c1ccn(Cc2cccc(O)c2)c1)C(C)C. The van der Waals surface area contributed by atoms with E-state index in [0.29, 0.717) is 17.7 Å². The molecule has 1 unspecified atom stereocenters. The molecule has 0 saturated carbocycles. The van der Waals surface area contributed by atoms with Gasteiger partial charge in [0.1, 0.15) is 5.75 Å². The van der Waals surface area contributed by atoms with Gasteiger partial charge in [-0.1, -0.05) is 32.9 Å². The predicted molar refractivity (Wildman–Crippen MR) is 87.5 cm³/mol. The van der Waals surface area contributed by atoms with Gasteiger partial charge in [-0.15, -0.1) is 0 Å². The number of rotatable bonds is 7. The highest BCUT2D eigenvalue weighted by Crippen LogP contribution is 2.22. The fraction of sp³-hybridized carbons (Fsp3) is 0.444. The van der Waals surface area contributed by atoms with Crippen LogP contribution < -0.4 is 5.32 Å². The van der Waals surface area contributed by atoms with Crippen molar-refractivity contribution in [1.82, 2.24) is 9.88 Å². The Balaban J connectivity index is 2.09. The Morgan fingerprint density at radius 3 is 2.71 bits per heavy atom. The van der Waals surface area contributed by atoms with E-state index in [2.05, 4.69) is 49.1 Å². The summed E-state index contributed by atoms with van der Waals surface area (Å²) in [4.78, 5) is 0. The first-order valence-corrected chi connectivity index (χ1v) is 7.77. The molecule has 0 saturated heterocycles. The normalized spacial score (nSPS) is 12.8. The smallest absolute Gasteiger partial charge is 0.115 e. The Labute approximate surface area is 127 Å². The Bertz CT molecular complexity index is 560. The van der Waals surface area contributed by atoms with Crippen molar-refractivity contribution in [1.29, 1.82) is 0 Å². The summed E-state index contributed by atoms with van der Waals surface area (Å²) in [5, 5.41) is 13.2. The Morgan fingerprint density at radius 2 is 2.05 bits per heavy atom. The number of hydrogen-bond acceptors (Lipinski definition) is 2. The van der Waals surface area contributed by atoms with Crippen LogP contribution in [0.4, 0.5) is 0 Å². The highest BCUT2D eigenvalue weighted by atomic mass is 16.3. The average molecular weight is 286 g/mol. The lowest BCUT2D eigenvalue weighted by Crippen LogP contribution is -2.26. The van der Waals surface area contributed by atoms with Gasteiger partial charge in [-0.25, -0.2) is 0 Å². The first-order valence-electron chi connectivity index (χ1n) is 7.77. The van der Waals surface area contributed by atoms with Crippen molar-refractivity contribution in [3.63, 3.8) is 0 Å². The number of aromatic nitrogens is 1. The van der Waals surface area contributed by atoms with Crippen molar-refractivity contribution in [3.8, 4) is 5.75 Å². The van der Waals surface area contributed by atoms with E-state index in [1.807, 2.05) is 18.2 Å². The summed E-state index contributed by atoms with van der Waals surface area (Å²) in [7, 11) is 0. The zero-order chi connectivity index (χ0) is 15.2. The van der Waals surface area contributed by atoms with Gasteiger partial charge < -0.3 is 15.0 Å². The molecule has 0 aliphatic carbocycles. The molecule has 3 nitrogen and oxygen atoms in total. The van der Waals surface area contributed by atoms with E-state index in [1.165, 1.54) is 5.56 Å². The number of phenols is 1. The third-order valence-electron chi connectivity index (χ3n) is 3.69. The van der Waals surface area contributed by atoms with E-state index >= 15 is 0 Å². The Hall–Kier alpha value is -1.74. The second kappa shape index (κ2) is 7.32. The van der Waals surface area contributed by atoms with Gasteiger partial charge in [-0.05, 0) is 48.2 Å². The van der Waals surface area contributed by atoms with Crippen LogP contribution in [0.15, 0.2) is 42.7 Å². The topological polar surface area (TPSA) is 37.2 Å². The molecule has 1 aromatic carbocycles. The van der Waals surface area contributed by atoms with E-state index in [0.717, 1.165) is 25.1 Å². The molecule has 0 aliphatic rings. The summed E-state index contributed by atoms with van der Waals surface area (Å²) in [6, 6.07) is 10.0. The summed E-state index contributed by atoms with van der Waals surface area (Å²) >= 11 is 0. The predicted octanol–water partition coefficient (Wildman–Crippen LogP) is 3.94. The average Bonchev–Trinajstić information content (AvgIpc) is 2.87. The molecule has 114 valence electrons. The van der Waals surface area contributed by atoms with Gasteiger partial charge >= 0.3 is 0 Å². The fourth-order valence-electron chi connectivity index (χ4n) is 2.65. The molecule has 0 spiro atoms. The van der Waals surface area contributed by atoms with E-state index in [4.69, 9.17) is 0 Å². The number of phenolic OH excluding ortho intramolecular Hbond substituents is 1. The third-order valence-corrected chi connectivity index (χ3v) is 3.69. The second-order valence-electron chi connectivity index (χ2n) is 5.96. The molecule has 0 radical (unpaired) electrons. The molecular formula is C18H26N2O. The van der Waals surface area contributed by atoms with Crippen LogP contribution in [0.3, 0.4) is 0 Å². The van der Waals surface area contributed by atoms with E-state index in [1.54, 1.807) is 6.07 Å². The molecule has 1 atom stereocenters. The fourth-order valence-corrected chi connectivity index (χ4v) is 2.65. The molecule has 3 heteroatoms. The maximum absolute atomic E-state index is 9.54. The van der Waals surface area contributed by atoms with Crippen molar-refractivity contribution in [2.24, 2.45) is 5.92 Å². The van der Waals surface area contributed by atoms with Crippen molar-refractivity contribution in [3.05, 3.63) is 53.9 Å². The molecule has 2 rings (SSSR count). The van der Waals surface area contributed by atoms with Gasteiger partial charge in [0.25, 0.3) is 0 Å². The first kappa shape index (κ1) is 15.6. The zero-order valence-corrected chi connectivity index (χ0v) is 13.2. The number of benzene rings is 1. The molecule has 0 amide bonds. The summed E-state index contributed by atoms with van der Waals surface area (Å²) < 4.78 is 2.17. The molecule has 2 N–H and O–H groups in total. The Morgan fingerprint density at radius 1 is 1.24 bits per heavy atom. The second-order valence-corrected chi connectivity index (χ2v) is 5.96. The molecule has 21 heavy (non-hydrogen) atoms. The van der Waals surface area contributed by atoms with Crippen LogP contribution in [-0.2, 0) is 6.54 Å². The van der Waals surface area contributed by atoms with Gasteiger partial charge in [0.15, 0.2) is 0 Å². The van der Waals surface area contributed by atoms with Gasteiger partial charge in [0, 0.05) is 25.0 Å². The van der Waals surface area contributed by atoms with Crippen LogP contribution in [-0.4, -0.2) is 16.2 Å².